The number of carbonyl (C=O) groups is 1. The molecule has 1 atom stereocenters. The lowest BCUT2D eigenvalue weighted by Gasteiger charge is -2.14. The lowest BCUT2D eigenvalue weighted by molar-refractivity contribution is 0.0472. The summed E-state index contributed by atoms with van der Waals surface area (Å²) in [4.78, 5) is 17.6. The van der Waals surface area contributed by atoms with E-state index < -0.39 is 0 Å². The minimum absolute atomic E-state index is 0.203. The highest BCUT2D eigenvalue weighted by molar-refractivity contribution is 5.95. The highest BCUT2D eigenvalue weighted by Gasteiger charge is 2.23. The molecular weight excluding hydrogens is 396 g/mol. The molecule has 8 nitrogen and oxygen atoms in total. The molecule has 0 radical (unpaired) electrons. The average Bonchev–Trinajstić information content (AvgIpc) is 3.38. The number of amides is 2. The van der Waals surface area contributed by atoms with Crippen molar-refractivity contribution in [2.24, 2.45) is 5.16 Å². The van der Waals surface area contributed by atoms with Crippen molar-refractivity contribution >= 4 is 17.4 Å². The molecule has 8 heteroatoms. The van der Waals surface area contributed by atoms with E-state index in [9.17, 15) is 4.79 Å². The third-order valence-corrected chi connectivity index (χ3v) is 4.92. The standard InChI is InChI=1S/C23H24N4O4/c1-15-22(16(2)30-26-15)25-23(28)24-13-18-12-19(31-27-18)14-29-21-11-7-6-10-20(21)17-8-4-3-5-9-17/h3-11,19H,12-14H2,1-2H3,(H2,24,25,28). The summed E-state index contributed by atoms with van der Waals surface area (Å²) in [6, 6.07) is 17.6. The quantitative estimate of drug-likeness (QED) is 0.594. The van der Waals surface area contributed by atoms with Crippen molar-refractivity contribution in [2.45, 2.75) is 26.4 Å². The molecule has 4 rings (SSSR count). The van der Waals surface area contributed by atoms with Crippen LogP contribution >= 0.6 is 0 Å². The van der Waals surface area contributed by atoms with Gasteiger partial charge in [-0.1, -0.05) is 58.8 Å². The molecule has 160 valence electrons. The average molecular weight is 420 g/mol. The maximum Gasteiger partial charge on any atom is 0.319 e. The number of carbonyl (C=O) groups excluding carboxylic acids is 1. The van der Waals surface area contributed by atoms with E-state index in [0.717, 1.165) is 22.6 Å². The molecule has 2 amide bonds. The monoisotopic (exact) mass is 420 g/mol. The van der Waals surface area contributed by atoms with Gasteiger partial charge in [0.2, 0.25) is 0 Å². The van der Waals surface area contributed by atoms with Gasteiger partial charge in [0.05, 0.1) is 12.3 Å². The van der Waals surface area contributed by atoms with Gasteiger partial charge in [-0.2, -0.15) is 0 Å². The minimum atomic E-state index is -0.353. The number of aromatic nitrogens is 1. The first-order chi connectivity index (χ1) is 15.1. The smallest absolute Gasteiger partial charge is 0.319 e. The number of urea groups is 1. The van der Waals surface area contributed by atoms with Gasteiger partial charge in [0, 0.05) is 12.0 Å². The van der Waals surface area contributed by atoms with Crippen LogP contribution in [0.5, 0.6) is 5.75 Å². The number of rotatable bonds is 7. The van der Waals surface area contributed by atoms with Crippen LogP contribution in [0.3, 0.4) is 0 Å². The number of nitrogens with one attached hydrogen (secondary N) is 2. The van der Waals surface area contributed by atoms with Gasteiger partial charge in [-0.05, 0) is 25.5 Å². The van der Waals surface area contributed by atoms with Crippen LogP contribution in [0.2, 0.25) is 0 Å². The predicted octanol–water partition coefficient (Wildman–Crippen LogP) is 4.30. The van der Waals surface area contributed by atoms with Crippen LogP contribution in [0.15, 0.2) is 64.3 Å². The number of aryl methyl sites for hydroxylation is 2. The highest BCUT2D eigenvalue weighted by Crippen LogP contribution is 2.30. The molecule has 1 aliphatic rings. The Morgan fingerprint density at radius 1 is 1.13 bits per heavy atom. The van der Waals surface area contributed by atoms with E-state index in [1.54, 1.807) is 13.8 Å². The third kappa shape index (κ3) is 5.03. The second-order valence-electron chi connectivity index (χ2n) is 7.27. The molecule has 1 aromatic heterocycles. The van der Waals surface area contributed by atoms with Crippen LogP contribution in [0.1, 0.15) is 17.9 Å². The first-order valence-electron chi connectivity index (χ1n) is 10.1. The van der Waals surface area contributed by atoms with Crippen molar-refractivity contribution in [1.82, 2.24) is 10.5 Å². The Morgan fingerprint density at radius 2 is 1.90 bits per heavy atom. The number of nitrogens with zero attached hydrogens (tertiary/aromatic N) is 2. The summed E-state index contributed by atoms with van der Waals surface area (Å²) in [7, 11) is 0. The zero-order valence-corrected chi connectivity index (χ0v) is 17.4. The van der Waals surface area contributed by atoms with Crippen molar-refractivity contribution in [2.75, 3.05) is 18.5 Å². The van der Waals surface area contributed by atoms with Gasteiger partial charge in [-0.25, -0.2) is 4.79 Å². The van der Waals surface area contributed by atoms with Crippen LogP contribution in [0.4, 0.5) is 10.5 Å². The van der Waals surface area contributed by atoms with E-state index in [4.69, 9.17) is 14.1 Å². The van der Waals surface area contributed by atoms with E-state index in [1.807, 2.05) is 42.5 Å². The van der Waals surface area contributed by atoms with Gasteiger partial charge < -0.3 is 24.7 Å². The zero-order chi connectivity index (χ0) is 21.6. The third-order valence-electron chi connectivity index (χ3n) is 4.92. The molecule has 2 heterocycles. The molecule has 2 N–H and O–H groups in total. The van der Waals surface area contributed by atoms with Gasteiger partial charge in [0.1, 0.15) is 23.7 Å². The Morgan fingerprint density at radius 3 is 2.68 bits per heavy atom. The molecule has 2 aromatic carbocycles. The summed E-state index contributed by atoms with van der Waals surface area (Å²) >= 11 is 0. The molecule has 1 aliphatic heterocycles. The Bertz CT molecular complexity index is 1060. The molecule has 1 unspecified atom stereocenters. The molecule has 31 heavy (non-hydrogen) atoms. The Hall–Kier alpha value is -3.81. The first kappa shape index (κ1) is 20.5. The fraction of sp³-hybridized carbons (Fsp3) is 0.261. The van der Waals surface area contributed by atoms with Crippen LogP contribution < -0.4 is 15.4 Å². The molecule has 0 saturated carbocycles. The van der Waals surface area contributed by atoms with E-state index >= 15 is 0 Å². The number of ether oxygens (including phenoxy) is 1. The summed E-state index contributed by atoms with van der Waals surface area (Å²) in [5.74, 6) is 1.35. The molecular formula is C23H24N4O4. The minimum Gasteiger partial charge on any atom is -0.489 e. The Kier molecular flexibility index (Phi) is 6.16. The lowest BCUT2D eigenvalue weighted by Crippen LogP contribution is -2.33. The van der Waals surface area contributed by atoms with Gasteiger partial charge in [0.15, 0.2) is 11.9 Å². The molecule has 0 bridgehead atoms. The highest BCUT2D eigenvalue weighted by atomic mass is 16.7. The van der Waals surface area contributed by atoms with Crippen LogP contribution in [-0.2, 0) is 4.84 Å². The SMILES string of the molecule is Cc1noc(C)c1NC(=O)NCC1=NOC(COc2ccccc2-c2ccccc2)C1. The van der Waals surface area contributed by atoms with Crippen molar-refractivity contribution in [1.29, 1.82) is 0 Å². The fourth-order valence-corrected chi connectivity index (χ4v) is 3.31. The van der Waals surface area contributed by atoms with Crippen LogP contribution in [0, 0.1) is 13.8 Å². The summed E-state index contributed by atoms with van der Waals surface area (Å²) < 4.78 is 11.1. The number of para-hydroxylation sites is 1. The van der Waals surface area contributed by atoms with Crippen molar-refractivity contribution in [3.8, 4) is 16.9 Å². The lowest BCUT2D eigenvalue weighted by atomic mass is 10.0. The summed E-state index contributed by atoms with van der Waals surface area (Å²) in [6.07, 6.45) is 0.380. The van der Waals surface area contributed by atoms with Gasteiger partial charge in [-0.3, -0.25) is 0 Å². The maximum atomic E-state index is 12.1. The first-order valence-corrected chi connectivity index (χ1v) is 10.1. The second-order valence-corrected chi connectivity index (χ2v) is 7.27. The van der Waals surface area contributed by atoms with Crippen LogP contribution in [0.25, 0.3) is 11.1 Å². The van der Waals surface area contributed by atoms with Crippen LogP contribution in [-0.4, -0.2) is 36.2 Å². The Labute approximate surface area is 180 Å². The number of hydrogen-bond acceptors (Lipinski definition) is 6. The van der Waals surface area contributed by atoms with E-state index in [-0.39, 0.29) is 18.7 Å². The predicted molar refractivity (Wildman–Crippen MR) is 117 cm³/mol. The largest absolute Gasteiger partial charge is 0.489 e. The summed E-state index contributed by atoms with van der Waals surface area (Å²) in [5.41, 5.74) is 4.07. The van der Waals surface area contributed by atoms with E-state index in [1.165, 1.54) is 0 Å². The maximum absolute atomic E-state index is 12.1. The summed E-state index contributed by atoms with van der Waals surface area (Å²) in [5, 5.41) is 13.4. The van der Waals surface area contributed by atoms with Crippen molar-refractivity contribution in [3.05, 3.63) is 66.1 Å². The molecule has 0 spiro atoms. The Balaban J connectivity index is 1.25. The van der Waals surface area contributed by atoms with Gasteiger partial charge in [0.25, 0.3) is 0 Å². The normalized spacial score (nSPS) is 15.2. The van der Waals surface area contributed by atoms with Gasteiger partial charge >= 0.3 is 6.03 Å². The second kappa shape index (κ2) is 9.34. The van der Waals surface area contributed by atoms with Crippen molar-refractivity contribution < 1.29 is 18.9 Å². The number of benzene rings is 2. The topological polar surface area (TPSA) is 98.0 Å². The van der Waals surface area contributed by atoms with E-state index in [0.29, 0.717) is 30.2 Å². The number of anilines is 1. The molecule has 0 fully saturated rings. The number of hydrogen-bond donors (Lipinski definition) is 2. The number of oxime groups is 1. The molecule has 0 aliphatic carbocycles. The van der Waals surface area contributed by atoms with E-state index in [2.05, 4.69) is 33.1 Å². The molecule has 0 saturated heterocycles. The van der Waals surface area contributed by atoms with Crippen molar-refractivity contribution in [3.63, 3.8) is 0 Å². The zero-order valence-electron chi connectivity index (χ0n) is 17.4. The fourth-order valence-electron chi connectivity index (χ4n) is 3.31. The van der Waals surface area contributed by atoms with Gasteiger partial charge in [-0.15, -0.1) is 0 Å². The molecule has 3 aromatic rings. The summed E-state index contributed by atoms with van der Waals surface area (Å²) in [6.45, 7) is 4.15.